The molecule has 72 valence electrons. The highest BCUT2D eigenvalue weighted by molar-refractivity contribution is 9.10. The zero-order chi connectivity index (χ0) is 10.1. The van der Waals surface area contributed by atoms with Crippen LogP contribution in [0.1, 0.15) is 4.88 Å². The van der Waals surface area contributed by atoms with E-state index >= 15 is 0 Å². The lowest BCUT2D eigenvalue weighted by molar-refractivity contribution is 1.10. The van der Waals surface area contributed by atoms with Crippen molar-refractivity contribution in [2.75, 3.05) is 0 Å². The molecule has 0 aromatic carbocycles. The van der Waals surface area contributed by atoms with E-state index in [0.717, 1.165) is 9.88 Å². The molecular weight excluding hydrogens is 266 g/mol. The van der Waals surface area contributed by atoms with E-state index in [1.165, 1.54) is 17.5 Å². The van der Waals surface area contributed by atoms with Gasteiger partial charge in [-0.25, -0.2) is 9.97 Å². The normalized spacial score (nSPS) is 10.4. The minimum atomic E-state index is -0.192. The fourth-order valence-corrected chi connectivity index (χ4v) is 1.87. The zero-order valence-corrected chi connectivity index (χ0v) is 9.65. The summed E-state index contributed by atoms with van der Waals surface area (Å²) in [6.45, 7) is 1.96. The summed E-state index contributed by atoms with van der Waals surface area (Å²) < 4.78 is 0.425. The SMILES string of the molecule is Cc1cnc(-c2ncc(Br)c(=O)[nH]2)s1. The van der Waals surface area contributed by atoms with Crippen LogP contribution < -0.4 is 5.56 Å². The van der Waals surface area contributed by atoms with E-state index in [2.05, 4.69) is 30.9 Å². The number of aromatic nitrogens is 3. The van der Waals surface area contributed by atoms with Crippen LogP contribution in [-0.2, 0) is 0 Å². The van der Waals surface area contributed by atoms with E-state index < -0.39 is 0 Å². The number of hydrogen-bond donors (Lipinski definition) is 1. The second-order valence-corrected chi connectivity index (χ2v) is 4.77. The molecule has 14 heavy (non-hydrogen) atoms. The summed E-state index contributed by atoms with van der Waals surface area (Å²) in [4.78, 5) is 23.2. The minimum absolute atomic E-state index is 0.192. The summed E-state index contributed by atoms with van der Waals surface area (Å²) in [6.07, 6.45) is 3.23. The van der Waals surface area contributed by atoms with Crippen LogP contribution in [0.5, 0.6) is 0 Å². The molecule has 0 fully saturated rings. The molecule has 0 aliphatic heterocycles. The highest BCUT2D eigenvalue weighted by Gasteiger charge is 2.05. The van der Waals surface area contributed by atoms with Crippen LogP contribution in [0.25, 0.3) is 10.8 Å². The third-order valence-corrected chi connectivity index (χ3v) is 3.06. The molecular formula is C8H6BrN3OS. The van der Waals surface area contributed by atoms with Crippen molar-refractivity contribution in [3.05, 3.63) is 32.1 Å². The third kappa shape index (κ3) is 1.76. The van der Waals surface area contributed by atoms with Gasteiger partial charge in [-0.2, -0.15) is 0 Å². The molecule has 0 bridgehead atoms. The van der Waals surface area contributed by atoms with E-state index in [-0.39, 0.29) is 5.56 Å². The number of aromatic amines is 1. The first-order valence-electron chi connectivity index (χ1n) is 3.84. The van der Waals surface area contributed by atoms with Gasteiger partial charge in [0.1, 0.15) is 4.47 Å². The molecule has 0 unspecified atom stereocenters. The monoisotopic (exact) mass is 271 g/mol. The lowest BCUT2D eigenvalue weighted by Crippen LogP contribution is -2.08. The summed E-state index contributed by atoms with van der Waals surface area (Å²) in [7, 11) is 0. The Morgan fingerprint density at radius 2 is 2.21 bits per heavy atom. The second kappa shape index (κ2) is 3.62. The predicted molar refractivity (Wildman–Crippen MR) is 58.4 cm³/mol. The Labute approximate surface area is 92.2 Å². The highest BCUT2D eigenvalue weighted by Crippen LogP contribution is 2.20. The van der Waals surface area contributed by atoms with Crippen molar-refractivity contribution in [3.63, 3.8) is 0 Å². The molecule has 0 spiro atoms. The molecule has 4 nitrogen and oxygen atoms in total. The van der Waals surface area contributed by atoms with E-state index in [4.69, 9.17) is 0 Å². The molecule has 0 amide bonds. The summed E-state index contributed by atoms with van der Waals surface area (Å²) >= 11 is 4.58. The number of nitrogens with zero attached hydrogens (tertiary/aromatic N) is 2. The summed E-state index contributed by atoms with van der Waals surface area (Å²) in [5.41, 5.74) is -0.192. The van der Waals surface area contributed by atoms with Gasteiger partial charge in [0.15, 0.2) is 10.8 Å². The number of H-pyrrole nitrogens is 1. The average molecular weight is 272 g/mol. The van der Waals surface area contributed by atoms with Crippen molar-refractivity contribution in [1.82, 2.24) is 15.0 Å². The van der Waals surface area contributed by atoms with Crippen molar-refractivity contribution in [3.8, 4) is 10.8 Å². The van der Waals surface area contributed by atoms with Gasteiger partial charge >= 0.3 is 0 Å². The molecule has 0 atom stereocenters. The van der Waals surface area contributed by atoms with Crippen molar-refractivity contribution >= 4 is 27.3 Å². The van der Waals surface area contributed by atoms with Crippen LogP contribution in [-0.4, -0.2) is 15.0 Å². The van der Waals surface area contributed by atoms with Gasteiger partial charge < -0.3 is 4.98 Å². The standard InChI is InChI=1S/C8H6BrN3OS/c1-4-2-11-8(14-4)6-10-3-5(9)7(13)12-6/h2-3H,1H3,(H,10,12,13). The molecule has 2 heterocycles. The number of halogens is 1. The van der Waals surface area contributed by atoms with Crippen LogP contribution in [0, 0.1) is 6.92 Å². The molecule has 0 radical (unpaired) electrons. The van der Waals surface area contributed by atoms with Crippen LogP contribution in [0.15, 0.2) is 21.7 Å². The maximum Gasteiger partial charge on any atom is 0.265 e. The van der Waals surface area contributed by atoms with Gasteiger partial charge in [-0.05, 0) is 22.9 Å². The maximum atomic E-state index is 11.3. The first-order valence-corrected chi connectivity index (χ1v) is 5.45. The van der Waals surface area contributed by atoms with Gasteiger partial charge in [0.05, 0.1) is 0 Å². The van der Waals surface area contributed by atoms with E-state index in [1.807, 2.05) is 6.92 Å². The van der Waals surface area contributed by atoms with Crippen molar-refractivity contribution < 1.29 is 0 Å². The Balaban J connectivity index is 2.53. The fraction of sp³-hybridized carbons (Fsp3) is 0.125. The molecule has 6 heteroatoms. The van der Waals surface area contributed by atoms with E-state index in [9.17, 15) is 4.79 Å². The first-order chi connectivity index (χ1) is 6.66. The number of aryl methyl sites for hydroxylation is 1. The molecule has 2 aromatic rings. The Morgan fingerprint density at radius 3 is 2.79 bits per heavy atom. The van der Waals surface area contributed by atoms with Crippen LogP contribution in [0.2, 0.25) is 0 Å². The number of thiazole rings is 1. The largest absolute Gasteiger partial charge is 0.304 e. The van der Waals surface area contributed by atoms with Crippen molar-refractivity contribution in [2.24, 2.45) is 0 Å². The predicted octanol–water partition coefficient (Wildman–Crippen LogP) is 1.96. The third-order valence-electron chi connectivity index (χ3n) is 1.58. The minimum Gasteiger partial charge on any atom is -0.304 e. The summed E-state index contributed by atoms with van der Waals surface area (Å²) in [5, 5.41) is 0.729. The lowest BCUT2D eigenvalue weighted by atomic mass is 10.5. The quantitative estimate of drug-likeness (QED) is 0.863. The fourth-order valence-electron chi connectivity index (χ4n) is 0.952. The van der Waals surface area contributed by atoms with Crippen LogP contribution >= 0.6 is 27.3 Å². The van der Waals surface area contributed by atoms with Crippen molar-refractivity contribution in [2.45, 2.75) is 6.92 Å². The van der Waals surface area contributed by atoms with Gasteiger partial charge in [-0.1, -0.05) is 0 Å². The zero-order valence-electron chi connectivity index (χ0n) is 7.24. The first kappa shape index (κ1) is 9.54. The van der Waals surface area contributed by atoms with E-state index in [1.54, 1.807) is 6.20 Å². The summed E-state index contributed by atoms with van der Waals surface area (Å²) in [5.74, 6) is 0.510. The number of rotatable bonds is 1. The molecule has 2 aromatic heterocycles. The van der Waals surface area contributed by atoms with E-state index in [0.29, 0.717) is 10.3 Å². The number of hydrogen-bond acceptors (Lipinski definition) is 4. The van der Waals surface area contributed by atoms with Gasteiger partial charge in [0, 0.05) is 17.3 Å². The summed E-state index contributed by atoms with van der Waals surface area (Å²) in [6, 6.07) is 0. The molecule has 0 saturated carbocycles. The maximum absolute atomic E-state index is 11.3. The molecule has 1 N–H and O–H groups in total. The van der Waals surface area contributed by atoms with Crippen LogP contribution in [0.3, 0.4) is 0 Å². The van der Waals surface area contributed by atoms with Crippen LogP contribution in [0.4, 0.5) is 0 Å². The van der Waals surface area contributed by atoms with Gasteiger partial charge in [0.25, 0.3) is 5.56 Å². The molecule has 0 aliphatic carbocycles. The Bertz CT molecular complexity index is 519. The smallest absolute Gasteiger partial charge is 0.265 e. The lowest BCUT2D eigenvalue weighted by Gasteiger charge is -1.94. The number of nitrogens with one attached hydrogen (secondary N) is 1. The molecule has 0 aliphatic rings. The Morgan fingerprint density at radius 1 is 1.43 bits per heavy atom. The second-order valence-electron chi connectivity index (χ2n) is 2.68. The highest BCUT2D eigenvalue weighted by atomic mass is 79.9. The topological polar surface area (TPSA) is 58.6 Å². The molecule has 2 rings (SSSR count). The van der Waals surface area contributed by atoms with Gasteiger partial charge in [0.2, 0.25) is 0 Å². The van der Waals surface area contributed by atoms with Crippen molar-refractivity contribution in [1.29, 1.82) is 0 Å². The Kier molecular flexibility index (Phi) is 2.47. The average Bonchev–Trinajstić information content (AvgIpc) is 2.57. The van der Waals surface area contributed by atoms with Gasteiger partial charge in [-0.15, -0.1) is 11.3 Å². The molecule has 0 saturated heterocycles. The van der Waals surface area contributed by atoms with Gasteiger partial charge in [-0.3, -0.25) is 4.79 Å². The Hall–Kier alpha value is -1.01.